The van der Waals surface area contributed by atoms with Crippen molar-refractivity contribution < 1.29 is 9.53 Å². The van der Waals surface area contributed by atoms with Gasteiger partial charge < -0.3 is 15.0 Å². The molecule has 1 saturated heterocycles. The Hall–Kier alpha value is -1.99. The number of anilines is 2. The second-order valence-electron chi connectivity index (χ2n) is 5.25. The highest BCUT2D eigenvalue weighted by atomic mass is 79.9. The molecule has 0 saturated carbocycles. The molecule has 7 heteroatoms. The number of ether oxygens (including phenoxy) is 1. The molecule has 0 aliphatic carbocycles. The number of carbonyl (C=O) groups is 1. The van der Waals surface area contributed by atoms with E-state index >= 15 is 0 Å². The lowest BCUT2D eigenvalue weighted by Crippen LogP contribution is -2.41. The molecule has 0 unspecified atom stereocenters. The fraction of sp³-hybridized carbons (Fsp3) is 0.312. The van der Waals surface area contributed by atoms with E-state index in [1.807, 2.05) is 25.1 Å². The van der Waals surface area contributed by atoms with Gasteiger partial charge in [0.25, 0.3) is 5.91 Å². The van der Waals surface area contributed by atoms with Crippen molar-refractivity contribution in [1.29, 1.82) is 0 Å². The van der Waals surface area contributed by atoms with Crippen molar-refractivity contribution in [3.8, 4) is 0 Å². The number of aryl methyl sites for hydroxylation is 1. The largest absolute Gasteiger partial charge is 0.378 e. The molecule has 0 atom stereocenters. The van der Waals surface area contributed by atoms with Gasteiger partial charge in [0.1, 0.15) is 5.69 Å². The molecule has 1 amide bonds. The van der Waals surface area contributed by atoms with Crippen molar-refractivity contribution in [3.05, 3.63) is 46.2 Å². The highest BCUT2D eigenvalue weighted by Gasteiger charge is 2.20. The molecule has 2 heterocycles. The minimum atomic E-state index is -0.0914. The van der Waals surface area contributed by atoms with Crippen LogP contribution in [0.4, 0.5) is 11.6 Å². The van der Waals surface area contributed by atoms with Gasteiger partial charge in [-0.05, 0) is 36.8 Å². The molecule has 3 rings (SSSR count). The predicted octanol–water partition coefficient (Wildman–Crippen LogP) is 2.76. The van der Waals surface area contributed by atoms with E-state index in [4.69, 9.17) is 4.74 Å². The lowest BCUT2D eigenvalue weighted by Gasteiger charge is -2.26. The van der Waals surface area contributed by atoms with Crippen LogP contribution in [-0.2, 0) is 4.74 Å². The number of benzene rings is 1. The molecular formula is C16H17BrN4O2. The summed E-state index contributed by atoms with van der Waals surface area (Å²) >= 11 is 3.44. The van der Waals surface area contributed by atoms with Gasteiger partial charge in [0.2, 0.25) is 5.95 Å². The Kier molecular flexibility index (Phi) is 4.88. The van der Waals surface area contributed by atoms with Crippen molar-refractivity contribution in [1.82, 2.24) is 14.9 Å². The fourth-order valence-corrected chi connectivity index (χ4v) is 2.83. The lowest BCUT2D eigenvalue weighted by atomic mass is 10.2. The van der Waals surface area contributed by atoms with E-state index in [9.17, 15) is 4.79 Å². The summed E-state index contributed by atoms with van der Waals surface area (Å²) in [5, 5.41) is 3.16. The Balaban J connectivity index is 1.78. The van der Waals surface area contributed by atoms with Crippen LogP contribution in [0.15, 0.2) is 34.9 Å². The quantitative estimate of drug-likeness (QED) is 0.891. The molecule has 1 aromatic heterocycles. The van der Waals surface area contributed by atoms with Crippen LogP contribution in [0.25, 0.3) is 0 Å². The number of nitrogens with one attached hydrogen (secondary N) is 1. The highest BCUT2D eigenvalue weighted by molar-refractivity contribution is 9.10. The van der Waals surface area contributed by atoms with Gasteiger partial charge in [-0.15, -0.1) is 0 Å². The van der Waals surface area contributed by atoms with Crippen molar-refractivity contribution in [3.63, 3.8) is 0 Å². The summed E-state index contributed by atoms with van der Waals surface area (Å²) in [5.41, 5.74) is 2.36. The van der Waals surface area contributed by atoms with Gasteiger partial charge in [0.05, 0.1) is 13.2 Å². The Morgan fingerprint density at radius 3 is 2.83 bits per heavy atom. The van der Waals surface area contributed by atoms with Crippen molar-refractivity contribution >= 4 is 33.5 Å². The van der Waals surface area contributed by atoms with Gasteiger partial charge >= 0.3 is 0 Å². The minimum Gasteiger partial charge on any atom is -0.378 e. The molecule has 120 valence electrons. The standard InChI is InChI=1S/C16H17BrN4O2/c1-11-10-12(17)2-3-13(11)19-16-18-5-4-14(20-16)15(22)21-6-8-23-9-7-21/h2-5,10H,6-9H2,1H3,(H,18,19,20). The van der Waals surface area contributed by atoms with E-state index in [0.717, 1.165) is 15.7 Å². The summed E-state index contributed by atoms with van der Waals surface area (Å²) in [6.07, 6.45) is 1.59. The van der Waals surface area contributed by atoms with Crippen molar-refractivity contribution in [2.75, 3.05) is 31.6 Å². The van der Waals surface area contributed by atoms with Crippen LogP contribution < -0.4 is 5.32 Å². The van der Waals surface area contributed by atoms with Crippen molar-refractivity contribution in [2.24, 2.45) is 0 Å². The van der Waals surface area contributed by atoms with E-state index in [1.165, 1.54) is 0 Å². The normalized spacial score (nSPS) is 14.6. The zero-order valence-electron chi connectivity index (χ0n) is 12.8. The lowest BCUT2D eigenvalue weighted by molar-refractivity contribution is 0.0299. The van der Waals surface area contributed by atoms with Crippen LogP contribution >= 0.6 is 15.9 Å². The van der Waals surface area contributed by atoms with Crippen LogP contribution in [0.5, 0.6) is 0 Å². The van der Waals surface area contributed by atoms with Crippen LogP contribution in [0.1, 0.15) is 16.1 Å². The van der Waals surface area contributed by atoms with Crippen LogP contribution in [0.2, 0.25) is 0 Å². The van der Waals surface area contributed by atoms with Crippen molar-refractivity contribution in [2.45, 2.75) is 6.92 Å². The maximum absolute atomic E-state index is 12.5. The fourth-order valence-electron chi connectivity index (χ4n) is 2.35. The molecule has 6 nitrogen and oxygen atoms in total. The molecule has 1 aliphatic heterocycles. The van der Waals surface area contributed by atoms with E-state index in [2.05, 4.69) is 31.2 Å². The summed E-state index contributed by atoms with van der Waals surface area (Å²) in [6.45, 7) is 4.32. The third-order valence-corrected chi connectivity index (χ3v) is 4.10. The first-order chi connectivity index (χ1) is 11.1. The average molecular weight is 377 g/mol. The van der Waals surface area contributed by atoms with Gasteiger partial charge in [0, 0.05) is 29.4 Å². The van der Waals surface area contributed by atoms with E-state index in [1.54, 1.807) is 17.2 Å². The number of halogens is 1. The van der Waals surface area contributed by atoms with Gasteiger partial charge in [0.15, 0.2) is 0 Å². The smallest absolute Gasteiger partial charge is 0.272 e. The Labute approximate surface area is 143 Å². The summed E-state index contributed by atoms with van der Waals surface area (Å²) in [4.78, 5) is 22.7. The molecule has 1 aliphatic rings. The number of rotatable bonds is 3. The second kappa shape index (κ2) is 7.06. The number of nitrogens with zero attached hydrogens (tertiary/aromatic N) is 3. The first-order valence-corrected chi connectivity index (χ1v) is 8.16. The summed E-state index contributed by atoms with van der Waals surface area (Å²) in [5.74, 6) is 0.320. The summed E-state index contributed by atoms with van der Waals surface area (Å²) in [6, 6.07) is 7.53. The summed E-state index contributed by atoms with van der Waals surface area (Å²) in [7, 11) is 0. The van der Waals surface area contributed by atoms with E-state index in [-0.39, 0.29) is 5.91 Å². The number of amides is 1. The molecule has 23 heavy (non-hydrogen) atoms. The molecule has 2 aromatic rings. The number of carbonyl (C=O) groups excluding carboxylic acids is 1. The van der Waals surface area contributed by atoms with E-state index < -0.39 is 0 Å². The van der Waals surface area contributed by atoms with Crippen LogP contribution in [0.3, 0.4) is 0 Å². The third kappa shape index (κ3) is 3.86. The summed E-state index contributed by atoms with van der Waals surface area (Å²) < 4.78 is 6.28. The number of aromatic nitrogens is 2. The Morgan fingerprint density at radius 2 is 2.09 bits per heavy atom. The second-order valence-corrected chi connectivity index (χ2v) is 6.17. The predicted molar refractivity (Wildman–Crippen MR) is 90.9 cm³/mol. The molecule has 0 spiro atoms. The molecule has 1 N–H and O–H groups in total. The van der Waals surface area contributed by atoms with Gasteiger partial charge in [-0.3, -0.25) is 4.79 Å². The maximum atomic E-state index is 12.5. The van der Waals surface area contributed by atoms with E-state index in [0.29, 0.717) is 37.9 Å². The number of hydrogen-bond donors (Lipinski definition) is 1. The Morgan fingerprint density at radius 1 is 1.30 bits per heavy atom. The third-order valence-electron chi connectivity index (χ3n) is 3.61. The monoisotopic (exact) mass is 376 g/mol. The van der Waals surface area contributed by atoms with Crippen LogP contribution in [0, 0.1) is 6.92 Å². The zero-order chi connectivity index (χ0) is 16.2. The van der Waals surface area contributed by atoms with Gasteiger partial charge in [-0.25, -0.2) is 9.97 Å². The Bertz CT molecular complexity index is 717. The van der Waals surface area contributed by atoms with Crippen LogP contribution in [-0.4, -0.2) is 47.1 Å². The molecule has 1 fully saturated rings. The van der Waals surface area contributed by atoms with Gasteiger partial charge in [-0.2, -0.15) is 0 Å². The maximum Gasteiger partial charge on any atom is 0.272 e. The minimum absolute atomic E-state index is 0.0914. The first kappa shape index (κ1) is 15.9. The number of morpholine rings is 1. The van der Waals surface area contributed by atoms with Gasteiger partial charge in [-0.1, -0.05) is 15.9 Å². The first-order valence-electron chi connectivity index (χ1n) is 7.37. The average Bonchev–Trinajstić information content (AvgIpc) is 2.58. The molecule has 0 radical (unpaired) electrons. The topological polar surface area (TPSA) is 67.4 Å². The zero-order valence-corrected chi connectivity index (χ0v) is 14.3. The molecule has 1 aromatic carbocycles. The molecule has 0 bridgehead atoms. The highest BCUT2D eigenvalue weighted by Crippen LogP contribution is 2.22. The number of hydrogen-bond acceptors (Lipinski definition) is 5. The molecular weight excluding hydrogens is 360 g/mol. The SMILES string of the molecule is Cc1cc(Br)ccc1Nc1nccc(C(=O)N2CCOCC2)n1.